The summed E-state index contributed by atoms with van der Waals surface area (Å²) in [5.41, 5.74) is 4.40. The minimum atomic E-state index is -4.65. The van der Waals surface area contributed by atoms with Gasteiger partial charge in [0.25, 0.3) is 5.91 Å². The molecule has 1 aliphatic heterocycles. The average Bonchev–Trinajstić information content (AvgIpc) is 3.42. The Morgan fingerprint density at radius 1 is 1.24 bits per heavy atom. The summed E-state index contributed by atoms with van der Waals surface area (Å²) in [6.45, 7) is 5.89. The summed E-state index contributed by atoms with van der Waals surface area (Å²) in [6.07, 6.45) is -2.20. The molecule has 11 nitrogen and oxygen atoms in total. The highest BCUT2D eigenvalue weighted by molar-refractivity contribution is 5.91. The highest BCUT2D eigenvalue weighted by Crippen LogP contribution is 2.34. The van der Waals surface area contributed by atoms with Crippen molar-refractivity contribution < 1.29 is 32.2 Å². The monoisotopic (exact) mass is 521 g/mol. The van der Waals surface area contributed by atoms with Gasteiger partial charge in [-0.05, 0) is 45.4 Å². The number of likely N-dealkylation sites (tertiary alicyclic amines) is 1. The maximum atomic E-state index is 13.2. The molecule has 0 aliphatic carbocycles. The summed E-state index contributed by atoms with van der Waals surface area (Å²) in [4.78, 5) is 33.9. The van der Waals surface area contributed by atoms with Crippen molar-refractivity contribution >= 4 is 29.3 Å². The number of hydrogen-bond donors (Lipinski definition) is 2. The van der Waals surface area contributed by atoms with Crippen LogP contribution in [0.3, 0.4) is 0 Å². The van der Waals surface area contributed by atoms with Gasteiger partial charge in [0.15, 0.2) is 11.5 Å². The van der Waals surface area contributed by atoms with E-state index < -0.39 is 35.2 Å². The number of amides is 2. The van der Waals surface area contributed by atoms with Crippen LogP contribution in [-0.2, 0) is 20.4 Å². The molecule has 4 heterocycles. The second kappa shape index (κ2) is 9.84. The second-order valence-corrected chi connectivity index (χ2v) is 9.50. The van der Waals surface area contributed by atoms with Crippen LogP contribution >= 0.6 is 0 Å². The van der Waals surface area contributed by atoms with Crippen molar-refractivity contribution in [3.63, 3.8) is 0 Å². The third-order valence-electron chi connectivity index (χ3n) is 5.35. The van der Waals surface area contributed by atoms with Crippen LogP contribution in [0.1, 0.15) is 32.8 Å². The van der Waals surface area contributed by atoms with E-state index >= 15 is 0 Å². The lowest BCUT2D eigenvalue weighted by atomic mass is 10.1. The molecule has 198 valence electrons. The number of nitrogens with one attached hydrogen (secondary N) is 1. The molecule has 1 fully saturated rings. The molecule has 0 spiro atoms. The largest absolute Gasteiger partial charge is 0.444 e. The Hall–Kier alpha value is -3.94. The molecule has 3 aromatic heterocycles. The van der Waals surface area contributed by atoms with Crippen LogP contribution in [-0.4, -0.2) is 67.9 Å². The highest BCUT2D eigenvalue weighted by atomic mass is 19.4. The molecular formula is C23H26F3N7O4. The van der Waals surface area contributed by atoms with Gasteiger partial charge >= 0.3 is 12.3 Å². The van der Waals surface area contributed by atoms with Crippen LogP contribution in [0, 0.1) is 0 Å². The number of aromatic nitrogens is 4. The molecule has 0 bridgehead atoms. The number of rotatable bonds is 5. The molecule has 3 N–H and O–H groups in total. The molecule has 0 radical (unpaired) electrons. The number of nitrogens with two attached hydrogens (primary N) is 1. The molecular weight excluding hydrogens is 495 g/mol. The van der Waals surface area contributed by atoms with E-state index in [4.69, 9.17) is 15.2 Å². The topological polar surface area (TPSA) is 137 Å². The Bertz CT molecular complexity index is 1320. The first kappa shape index (κ1) is 26.1. The van der Waals surface area contributed by atoms with Crippen molar-refractivity contribution in [2.24, 2.45) is 0 Å². The van der Waals surface area contributed by atoms with Gasteiger partial charge in [0.2, 0.25) is 0 Å². The van der Waals surface area contributed by atoms with E-state index in [9.17, 15) is 22.8 Å². The van der Waals surface area contributed by atoms with E-state index in [0.717, 1.165) is 6.07 Å². The summed E-state index contributed by atoms with van der Waals surface area (Å²) < 4.78 is 51.8. The van der Waals surface area contributed by atoms with Crippen LogP contribution < -0.4 is 11.1 Å². The number of pyridine rings is 1. The third-order valence-corrected chi connectivity index (χ3v) is 5.35. The van der Waals surface area contributed by atoms with E-state index in [2.05, 4.69) is 20.4 Å². The fourth-order valence-corrected chi connectivity index (χ4v) is 3.67. The molecule has 0 aromatic carbocycles. The van der Waals surface area contributed by atoms with E-state index in [1.54, 1.807) is 26.8 Å². The van der Waals surface area contributed by atoms with Crippen molar-refractivity contribution in [3.8, 4) is 11.3 Å². The Kier molecular flexibility index (Phi) is 6.95. The van der Waals surface area contributed by atoms with Crippen molar-refractivity contribution in [2.45, 2.75) is 45.1 Å². The molecule has 2 amide bonds. The highest BCUT2D eigenvalue weighted by Gasteiger charge is 2.34. The lowest BCUT2D eigenvalue weighted by Gasteiger charge is -2.24. The standard InChI is InChI=1S/C23H26F3N7O4/c1-22(2,3)37-21(35)32-7-6-14(10-32)36-12-19(34)30-17-11-33-18(29-17)5-4-16(31-33)13-8-15(23(24,25)26)20(27)28-9-13/h4-5,8-9,11,14H,6-7,10,12H2,1-3H3,(H2,27,28)(H,30,34)/t14-/m1/s1. The fraction of sp³-hybridized carbons (Fsp3) is 0.435. The van der Waals surface area contributed by atoms with Crippen molar-refractivity contribution in [3.05, 3.63) is 36.2 Å². The minimum Gasteiger partial charge on any atom is -0.444 e. The molecule has 37 heavy (non-hydrogen) atoms. The molecule has 14 heteroatoms. The maximum absolute atomic E-state index is 13.2. The maximum Gasteiger partial charge on any atom is 0.419 e. The number of hydrogen-bond acceptors (Lipinski definition) is 8. The van der Waals surface area contributed by atoms with Crippen LogP contribution in [0.5, 0.6) is 0 Å². The molecule has 4 rings (SSSR count). The zero-order chi connectivity index (χ0) is 27.0. The fourth-order valence-electron chi connectivity index (χ4n) is 3.67. The Morgan fingerprint density at radius 2 is 2.00 bits per heavy atom. The first-order valence-electron chi connectivity index (χ1n) is 11.4. The summed E-state index contributed by atoms with van der Waals surface area (Å²) in [5.74, 6) is -0.898. The molecule has 0 saturated carbocycles. The first-order chi connectivity index (χ1) is 17.3. The number of nitrogen functional groups attached to an aromatic ring is 1. The zero-order valence-electron chi connectivity index (χ0n) is 20.4. The van der Waals surface area contributed by atoms with Gasteiger partial charge in [-0.2, -0.15) is 18.3 Å². The molecule has 3 aromatic rings. The van der Waals surface area contributed by atoms with E-state index in [1.165, 1.54) is 27.9 Å². The average molecular weight is 522 g/mol. The number of imidazole rings is 1. The molecule has 1 saturated heterocycles. The Balaban J connectivity index is 1.36. The second-order valence-electron chi connectivity index (χ2n) is 9.50. The summed E-state index contributed by atoms with van der Waals surface area (Å²) in [7, 11) is 0. The van der Waals surface area contributed by atoms with Gasteiger partial charge in [0.05, 0.1) is 30.1 Å². The summed E-state index contributed by atoms with van der Waals surface area (Å²) in [6, 6.07) is 3.91. The SMILES string of the molecule is CC(C)(C)OC(=O)N1CC[C@@H](OCC(=O)Nc2cn3nc(-c4cnc(N)c(C(F)(F)F)c4)ccc3n2)C1. The van der Waals surface area contributed by atoms with Crippen LogP contribution in [0.2, 0.25) is 0 Å². The number of halogens is 3. The van der Waals surface area contributed by atoms with Gasteiger partial charge in [0.1, 0.15) is 18.0 Å². The van der Waals surface area contributed by atoms with E-state index in [-0.39, 0.29) is 29.8 Å². The Labute approximate surface area is 209 Å². The smallest absolute Gasteiger partial charge is 0.419 e. The van der Waals surface area contributed by atoms with Crippen LogP contribution in [0.15, 0.2) is 30.6 Å². The molecule has 0 unspecified atom stereocenters. The lowest BCUT2D eigenvalue weighted by Crippen LogP contribution is -2.36. The lowest BCUT2D eigenvalue weighted by molar-refractivity contribution is -0.137. The van der Waals surface area contributed by atoms with Crippen molar-refractivity contribution in [1.82, 2.24) is 24.5 Å². The van der Waals surface area contributed by atoms with E-state index in [0.29, 0.717) is 25.2 Å². The number of nitrogens with zero attached hydrogens (tertiary/aromatic N) is 5. The van der Waals surface area contributed by atoms with E-state index in [1.807, 2.05) is 0 Å². The van der Waals surface area contributed by atoms with Gasteiger partial charge in [-0.1, -0.05) is 0 Å². The molecule has 1 aliphatic rings. The third kappa shape index (κ3) is 6.44. The number of anilines is 2. The Morgan fingerprint density at radius 3 is 2.70 bits per heavy atom. The number of carbonyl (C=O) groups excluding carboxylic acids is 2. The van der Waals surface area contributed by atoms with Crippen molar-refractivity contribution in [1.29, 1.82) is 0 Å². The first-order valence-corrected chi connectivity index (χ1v) is 11.4. The van der Waals surface area contributed by atoms with Gasteiger partial charge in [-0.15, -0.1) is 0 Å². The number of fused-ring (bicyclic) bond motifs is 1. The van der Waals surface area contributed by atoms with Gasteiger partial charge in [-0.25, -0.2) is 19.3 Å². The number of alkyl halides is 3. The molecule has 1 atom stereocenters. The number of ether oxygens (including phenoxy) is 2. The van der Waals surface area contributed by atoms with Gasteiger partial charge < -0.3 is 25.4 Å². The number of carbonyl (C=O) groups is 2. The zero-order valence-corrected chi connectivity index (χ0v) is 20.4. The predicted octanol–water partition coefficient (Wildman–Crippen LogP) is 3.36. The summed E-state index contributed by atoms with van der Waals surface area (Å²) in [5, 5.41) is 6.86. The quantitative estimate of drug-likeness (QED) is 0.522. The van der Waals surface area contributed by atoms with Crippen LogP contribution in [0.4, 0.5) is 29.6 Å². The summed E-state index contributed by atoms with van der Waals surface area (Å²) >= 11 is 0. The van der Waals surface area contributed by atoms with Crippen LogP contribution in [0.25, 0.3) is 16.9 Å². The van der Waals surface area contributed by atoms with Gasteiger partial charge in [-0.3, -0.25) is 4.79 Å². The normalized spacial score (nSPS) is 16.3. The minimum absolute atomic E-state index is 0.119. The van der Waals surface area contributed by atoms with Crippen molar-refractivity contribution in [2.75, 3.05) is 30.7 Å². The van der Waals surface area contributed by atoms with Gasteiger partial charge in [0, 0.05) is 18.3 Å². The predicted molar refractivity (Wildman–Crippen MR) is 126 cm³/mol.